The van der Waals surface area contributed by atoms with Gasteiger partial charge in [0.25, 0.3) is 5.56 Å². The third-order valence-electron chi connectivity index (χ3n) is 7.47. The normalized spacial score (nSPS) is 12.6. The van der Waals surface area contributed by atoms with Crippen molar-refractivity contribution in [3.05, 3.63) is 120 Å². The molecule has 9 nitrogen and oxygen atoms in total. The van der Waals surface area contributed by atoms with Crippen molar-refractivity contribution in [2.45, 2.75) is 46.2 Å². The van der Waals surface area contributed by atoms with Crippen molar-refractivity contribution in [1.29, 1.82) is 0 Å². The van der Waals surface area contributed by atoms with Gasteiger partial charge >= 0.3 is 11.9 Å². The topological polar surface area (TPSA) is 105 Å². The highest BCUT2D eigenvalue weighted by Gasteiger charge is 2.33. The Balaban J connectivity index is 1.45. The van der Waals surface area contributed by atoms with E-state index in [1.54, 1.807) is 42.6 Å². The third-order valence-corrected chi connectivity index (χ3v) is 7.97. The molecule has 0 spiro atoms. The van der Waals surface area contributed by atoms with Crippen LogP contribution in [-0.2, 0) is 6.18 Å². The number of nitrogens with zero attached hydrogens (tertiary/aromatic N) is 5. The summed E-state index contributed by atoms with van der Waals surface area (Å²) in [5.41, 5.74) is 1.61. The number of rotatable bonds is 8. The lowest BCUT2D eigenvalue weighted by Crippen LogP contribution is -2.23. The smallest absolute Gasteiger partial charge is 0.416 e. The van der Waals surface area contributed by atoms with Crippen LogP contribution in [0.25, 0.3) is 16.6 Å². The van der Waals surface area contributed by atoms with E-state index in [9.17, 15) is 28.1 Å². The van der Waals surface area contributed by atoms with E-state index in [1.807, 2.05) is 44.4 Å². The number of alkyl halides is 3. The van der Waals surface area contributed by atoms with E-state index in [1.165, 1.54) is 4.68 Å². The molecule has 0 saturated heterocycles. The van der Waals surface area contributed by atoms with Gasteiger partial charge in [0.1, 0.15) is 11.6 Å². The Kier molecular flexibility index (Phi) is 8.66. The van der Waals surface area contributed by atoms with Crippen LogP contribution < -0.4 is 10.3 Å². The van der Waals surface area contributed by atoms with Gasteiger partial charge in [-0.1, -0.05) is 29.8 Å². The summed E-state index contributed by atoms with van der Waals surface area (Å²) in [4.78, 5) is 28.7. The zero-order valence-electron chi connectivity index (χ0n) is 24.6. The number of hydrogen-bond donors (Lipinski definition) is 0. The zero-order chi connectivity index (χ0) is 32.6. The largest absolute Gasteiger partial charge is 0.450 e. The van der Waals surface area contributed by atoms with Crippen LogP contribution in [0.15, 0.2) is 81.1 Å². The number of aryl methyl sites for hydroxylation is 1. The van der Waals surface area contributed by atoms with Crippen LogP contribution in [0.5, 0.6) is 11.5 Å². The molecule has 2 heterocycles. The number of ether oxygens (including phenoxy) is 1. The number of hydrogen-bond acceptors (Lipinski definition) is 6. The molecule has 0 saturated carbocycles. The summed E-state index contributed by atoms with van der Waals surface area (Å²) in [5, 5.41) is 16.5. The average molecular weight is 682 g/mol. The first-order valence-electron chi connectivity index (χ1n) is 13.9. The van der Waals surface area contributed by atoms with Gasteiger partial charge in [0.05, 0.1) is 27.6 Å². The summed E-state index contributed by atoms with van der Waals surface area (Å²) < 4.78 is 48.8. The van der Waals surface area contributed by atoms with Crippen LogP contribution in [0.2, 0.25) is 0 Å². The molecular formula is C32H27BrF3N5O4. The Bertz CT molecular complexity index is 2020. The molecule has 0 N–H and O–H groups in total. The molecule has 1 atom stereocenters. The van der Waals surface area contributed by atoms with Gasteiger partial charge in [-0.3, -0.25) is 14.9 Å². The van der Waals surface area contributed by atoms with Crippen LogP contribution in [0.4, 0.5) is 18.9 Å². The third kappa shape index (κ3) is 6.39. The van der Waals surface area contributed by atoms with Crippen LogP contribution in [0.1, 0.15) is 54.5 Å². The highest BCUT2D eigenvalue weighted by atomic mass is 79.9. The van der Waals surface area contributed by atoms with Gasteiger partial charge in [-0.25, -0.2) is 4.98 Å². The summed E-state index contributed by atoms with van der Waals surface area (Å²) in [7, 11) is 0. The Morgan fingerprint density at radius 1 is 1.09 bits per heavy atom. The van der Waals surface area contributed by atoms with Crippen LogP contribution in [-0.4, -0.2) is 25.4 Å². The second kappa shape index (κ2) is 12.3. The monoisotopic (exact) mass is 681 g/mol. The summed E-state index contributed by atoms with van der Waals surface area (Å²) in [5.74, 6) is 0.444. The number of nitro groups is 1. The number of nitro benzene ring substituents is 1. The Morgan fingerprint density at radius 2 is 1.80 bits per heavy atom. The highest BCUT2D eigenvalue weighted by molar-refractivity contribution is 9.10. The van der Waals surface area contributed by atoms with Crippen molar-refractivity contribution in [2.24, 2.45) is 5.10 Å². The van der Waals surface area contributed by atoms with E-state index in [0.29, 0.717) is 22.8 Å². The molecule has 13 heteroatoms. The van der Waals surface area contributed by atoms with Gasteiger partial charge in [-0.2, -0.15) is 22.9 Å². The molecule has 2 aromatic heterocycles. The maximum atomic E-state index is 13.5. The molecule has 0 aliphatic rings. The fraction of sp³-hybridized carbons (Fsp3) is 0.219. The standard InChI is InChI=1S/C32H27BrF3N5O4/c1-5-18(2)30-38-27-12-7-23(33)16-26(27)31(42)40(30)37-17-21-14-19(3)39(20(21)4)24-8-10-25(11-9-24)45-29-13-6-22(32(34,35)36)15-28(29)41(43)44/h6-18H,5H2,1-4H3/t18-/m0/s1. The number of halogens is 4. The average Bonchev–Trinajstić information content (AvgIpc) is 3.28. The van der Waals surface area contributed by atoms with Gasteiger partial charge in [0.2, 0.25) is 5.75 Å². The molecule has 0 amide bonds. The minimum atomic E-state index is -4.73. The van der Waals surface area contributed by atoms with E-state index in [0.717, 1.165) is 45.7 Å². The summed E-state index contributed by atoms with van der Waals surface area (Å²) in [6.07, 6.45) is -2.33. The molecule has 232 valence electrons. The van der Waals surface area contributed by atoms with Gasteiger partial charge in [-0.05, 0) is 80.9 Å². The molecule has 45 heavy (non-hydrogen) atoms. The van der Waals surface area contributed by atoms with E-state index in [2.05, 4.69) is 21.0 Å². The minimum Gasteiger partial charge on any atom is -0.450 e. The molecule has 5 aromatic rings. The summed E-state index contributed by atoms with van der Waals surface area (Å²) in [6.45, 7) is 7.82. The minimum absolute atomic E-state index is 0.0138. The van der Waals surface area contributed by atoms with E-state index in [-0.39, 0.29) is 23.0 Å². The highest BCUT2D eigenvalue weighted by Crippen LogP contribution is 2.38. The zero-order valence-corrected chi connectivity index (χ0v) is 26.2. The molecular weight excluding hydrogens is 655 g/mol. The van der Waals surface area contributed by atoms with Gasteiger partial charge in [-0.15, -0.1) is 0 Å². The molecule has 0 aliphatic carbocycles. The lowest BCUT2D eigenvalue weighted by Gasteiger charge is -2.14. The first-order valence-corrected chi connectivity index (χ1v) is 14.7. The van der Waals surface area contributed by atoms with Crippen LogP contribution >= 0.6 is 15.9 Å². The molecule has 0 aliphatic heterocycles. The maximum Gasteiger partial charge on any atom is 0.416 e. The number of fused-ring (bicyclic) bond motifs is 1. The molecule has 5 rings (SSSR count). The van der Waals surface area contributed by atoms with Crippen LogP contribution in [0, 0.1) is 24.0 Å². The predicted molar refractivity (Wildman–Crippen MR) is 169 cm³/mol. The second-order valence-corrected chi connectivity index (χ2v) is 11.4. The lowest BCUT2D eigenvalue weighted by molar-refractivity contribution is -0.385. The Labute approximate surface area is 263 Å². The summed E-state index contributed by atoms with van der Waals surface area (Å²) >= 11 is 3.42. The van der Waals surface area contributed by atoms with Crippen molar-refractivity contribution in [1.82, 2.24) is 14.2 Å². The van der Waals surface area contributed by atoms with Gasteiger partial charge in [0, 0.05) is 39.1 Å². The van der Waals surface area contributed by atoms with Crippen LogP contribution in [0.3, 0.4) is 0 Å². The maximum absolute atomic E-state index is 13.5. The number of benzene rings is 3. The van der Waals surface area contributed by atoms with Crippen molar-refractivity contribution < 1.29 is 22.8 Å². The lowest BCUT2D eigenvalue weighted by atomic mass is 10.1. The fourth-order valence-electron chi connectivity index (χ4n) is 4.93. The van der Waals surface area contributed by atoms with E-state index < -0.39 is 22.4 Å². The fourth-order valence-corrected chi connectivity index (χ4v) is 5.29. The van der Waals surface area contributed by atoms with Gasteiger partial charge < -0.3 is 9.30 Å². The SMILES string of the molecule is CC[C@H](C)c1nc2ccc(Br)cc2c(=O)n1N=Cc1cc(C)n(-c2ccc(Oc3ccc(C(F)(F)F)cc3[N+](=O)[O-])cc2)c1C. The number of aromatic nitrogens is 3. The predicted octanol–water partition coefficient (Wildman–Crippen LogP) is 8.68. The Morgan fingerprint density at radius 3 is 2.44 bits per heavy atom. The van der Waals surface area contributed by atoms with Crippen molar-refractivity contribution in [2.75, 3.05) is 0 Å². The quantitative estimate of drug-likeness (QED) is 0.0926. The van der Waals surface area contributed by atoms with Crippen molar-refractivity contribution >= 4 is 38.7 Å². The first-order chi connectivity index (χ1) is 21.3. The molecule has 0 unspecified atom stereocenters. The first kappa shape index (κ1) is 31.6. The van der Waals surface area contributed by atoms with E-state index in [4.69, 9.17) is 9.72 Å². The Hall–Kier alpha value is -4.78. The molecule has 0 fully saturated rings. The van der Waals surface area contributed by atoms with Gasteiger partial charge in [0.15, 0.2) is 0 Å². The summed E-state index contributed by atoms with van der Waals surface area (Å²) in [6, 6.07) is 16.0. The van der Waals surface area contributed by atoms with Crippen molar-refractivity contribution in [3.63, 3.8) is 0 Å². The van der Waals surface area contributed by atoms with E-state index >= 15 is 0 Å². The second-order valence-electron chi connectivity index (χ2n) is 10.5. The van der Waals surface area contributed by atoms with Crippen molar-refractivity contribution in [3.8, 4) is 17.2 Å². The molecule has 0 bridgehead atoms. The molecule has 3 aromatic carbocycles. The molecule has 0 radical (unpaired) electrons.